The van der Waals surface area contributed by atoms with Crippen molar-refractivity contribution in [2.75, 3.05) is 0 Å². The first-order valence-electron chi connectivity index (χ1n) is 9.62. The highest BCUT2D eigenvalue weighted by atomic mass is 19.1. The Morgan fingerprint density at radius 2 is 1.55 bits per heavy atom. The van der Waals surface area contributed by atoms with Crippen LogP contribution in [0.25, 0.3) is 33.4 Å². The van der Waals surface area contributed by atoms with Crippen LogP contribution in [0.3, 0.4) is 0 Å². The second-order valence-electron chi connectivity index (χ2n) is 6.89. The quantitative estimate of drug-likeness (QED) is 0.403. The van der Waals surface area contributed by atoms with E-state index in [9.17, 15) is 8.78 Å². The van der Waals surface area contributed by atoms with Gasteiger partial charge in [-0.2, -0.15) is 0 Å². The van der Waals surface area contributed by atoms with Gasteiger partial charge in [-0.15, -0.1) is 5.10 Å². The van der Waals surface area contributed by atoms with E-state index in [1.165, 1.54) is 23.2 Å². The lowest BCUT2D eigenvalue weighted by Crippen LogP contribution is -2.15. The molecule has 0 saturated carbocycles. The van der Waals surface area contributed by atoms with Crippen molar-refractivity contribution < 1.29 is 13.6 Å². The monoisotopic (exact) mass is 414 g/mol. The van der Waals surface area contributed by atoms with Gasteiger partial charge in [-0.3, -0.25) is 4.98 Å². The molecule has 152 valence electrons. The van der Waals surface area contributed by atoms with Crippen molar-refractivity contribution in [1.82, 2.24) is 19.9 Å². The Kier molecular flexibility index (Phi) is 4.84. The van der Waals surface area contributed by atoms with E-state index < -0.39 is 0 Å². The van der Waals surface area contributed by atoms with Crippen molar-refractivity contribution >= 4 is 11.0 Å². The normalized spacial score (nSPS) is 11.0. The van der Waals surface area contributed by atoms with Crippen molar-refractivity contribution in [1.29, 1.82) is 0 Å². The van der Waals surface area contributed by atoms with E-state index in [-0.39, 0.29) is 18.2 Å². The summed E-state index contributed by atoms with van der Waals surface area (Å²) in [6, 6.07) is 20.1. The molecule has 0 N–H and O–H groups in total. The van der Waals surface area contributed by atoms with Crippen LogP contribution < -0.4 is 4.84 Å². The molecular weight excluding hydrogens is 398 g/mol. The van der Waals surface area contributed by atoms with Gasteiger partial charge < -0.3 is 4.84 Å². The molecule has 5 rings (SSSR count). The minimum absolute atomic E-state index is 0.0794. The Hall–Kier alpha value is -4.13. The molecule has 7 heteroatoms. The Labute approximate surface area is 176 Å². The molecule has 0 saturated heterocycles. The lowest BCUT2D eigenvalue weighted by Gasteiger charge is -2.10. The molecule has 5 aromatic rings. The molecule has 31 heavy (non-hydrogen) atoms. The maximum Gasteiger partial charge on any atom is 0.160 e. The molecule has 2 heterocycles. The molecule has 0 radical (unpaired) electrons. The summed E-state index contributed by atoms with van der Waals surface area (Å²) in [7, 11) is 0. The summed E-state index contributed by atoms with van der Waals surface area (Å²) in [5.74, 6) is -0.660. The molecule has 0 aliphatic heterocycles. The zero-order valence-electron chi connectivity index (χ0n) is 16.2. The molecule has 0 atom stereocenters. The van der Waals surface area contributed by atoms with Gasteiger partial charge in [0.1, 0.15) is 17.3 Å². The van der Waals surface area contributed by atoms with Gasteiger partial charge in [0.25, 0.3) is 0 Å². The molecule has 0 amide bonds. The van der Waals surface area contributed by atoms with Crippen LogP contribution in [0.4, 0.5) is 8.78 Å². The van der Waals surface area contributed by atoms with Crippen molar-refractivity contribution in [3.8, 4) is 22.4 Å². The van der Waals surface area contributed by atoms with Gasteiger partial charge in [0, 0.05) is 11.1 Å². The molecule has 0 aliphatic carbocycles. The second-order valence-corrected chi connectivity index (χ2v) is 6.89. The van der Waals surface area contributed by atoms with Crippen LogP contribution in [0.5, 0.6) is 0 Å². The van der Waals surface area contributed by atoms with Gasteiger partial charge in [-0.1, -0.05) is 41.2 Å². The van der Waals surface area contributed by atoms with E-state index in [0.29, 0.717) is 39.1 Å². The Morgan fingerprint density at radius 3 is 2.32 bits per heavy atom. The topological polar surface area (TPSA) is 52.8 Å². The van der Waals surface area contributed by atoms with E-state index in [1.54, 1.807) is 60.8 Å². The third-order valence-electron chi connectivity index (χ3n) is 4.87. The number of hydrogen-bond donors (Lipinski definition) is 0. The van der Waals surface area contributed by atoms with Gasteiger partial charge in [-0.05, 0) is 42.0 Å². The van der Waals surface area contributed by atoms with Crippen molar-refractivity contribution in [2.45, 2.75) is 6.61 Å². The molecule has 0 unspecified atom stereocenters. The minimum atomic E-state index is -0.362. The molecule has 0 fully saturated rings. The Balaban J connectivity index is 1.41. The Morgan fingerprint density at radius 1 is 0.806 bits per heavy atom. The van der Waals surface area contributed by atoms with Crippen LogP contribution in [0.15, 0.2) is 85.2 Å². The molecule has 3 aromatic carbocycles. The Bertz CT molecular complexity index is 1380. The van der Waals surface area contributed by atoms with Crippen LogP contribution >= 0.6 is 0 Å². The van der Waals surface area contributed by atoms with Gasteiger partial charge in [-0.25, -0.2) is 13.8 Å². The second kappa shape index (κ2) is 7.95. The third kappa shape index (κ3) is 3.73. The molecular formula is C24H16F2N4O. The molecule has 5 nitrogen and oxygen atoms in total. The summed E-state index contributed by atoms with van der Waals surface area (Å²) in [4.78, 5) is 16.0. The van der Waals surface area contributed by atoms with Gasteiger partial charge in [0.15, 0.2) is 6.61 Å². The highest BCUT2D eigenvalue weighted by molar-refractivity contribution is 5.81. The van der Waals surface area contributed by atoms with Crippen LogP contribution in [-0.2, 0) is 6.61 Å². The summed E-state index contributed by atoms with van der Waals surface area (Å²) in [5.41, 5.74) is 3.97. The number of benzene rings is 3. The van der Waals surface area contributed by atoms with Gasteiger partial charge in [0.05, 0.1) is 29.1 Å². The van der Waals surface area contributed by atoms with Crippen LogP contribution in [0, 0.1) is 11.6 Å². The van der Waals surface area contributed by atoms with E-state index in [0.717, 1.165) is 0 Å². The fraction of sp³-hybridized carbons (Fsp3) is 0.0417. The average Bonchev–Trinajstić information content (AvgIpc) is 3.26. The highest BCUT2D eigenvalue weighted by Crippen LogP contribution is 2.25. The van der Waals surface area contributed by atoms with Crippen molar-refractivity contribution in [2.24, 2.45) is 0 Å². The van der Waals surface area contributed by atoms with Crippen molar-refractivity contribution in [3.05, 3.63) is 103 Å². The summed E-state index contributed by atoms with van der Waals surface area (Å²) >= 11 is 0. The third-order valence-corrected chi connectivity index (χ3v) is 4.87. The first kappa shape index (κ1) is 18.9. The summed E-state index contributed by atoms with van der Waals surface area (Å²) in [5, 5.41) is 4.11. The number of nitrogens with zero attached hydrogens (tertiary/aromatic N) is 4. The fourth-order valence-electron chi connectivity index (χ4n) is 3.36. The zero-order chi connectivity index (χ0) is 21.2. The smallest absolute Gasteiger partial charge is 0.160 e. The predicted octanol–water partition coefficient (Wildman–Crippen LogP) is 5.07. The van der Waals surface area contributed by atoms with Crippen molar-refractivity contribution in [3.63, 3.8) is 0 Å². The largest absolute Gasteiger partial charge is 0.390 e. The minimum Gasteiger partial charge on any atom is -0.390 e. The lowest BCUT2D eigenvalue weighted by atomic mass is 10.0. The lowest BCUT2D eigenvalue weighted by molar-refractivity contribution is 0.0715. The van der Waals surface area contributed by atoms with Crippen LogP contribution in [0.2, 0.25) is 0 Å². The first-order chi connectivity index (χ1) is 15.2. The SMILES string of the molecule is Fc1ccccc1-c1ccc2ncc(COn3nccc3-c3ccccc3F)nc2c1. The molecule has 0 aliphatic rings. The van der Waals surface area contributed by atoms with Gasteiger partial charge in [0.2, 0.25) is 0 Å². The summed E-state index contributed by atoms with van der Waals surface area (Å²) in [6.07, 6.45) is 3.14. The van der Waals surface area contributed by atoms with E-state index in [2.05, 4.69) is 15.1 Å². The van der Waals surface area contributed by atoms with Crippen LogP contribution in [0.1, 0.15) is 5.69 Å². The zero-order valence-corrected chi connectivity index (χ0v) is 16.2. The van der Waals surface area contributed by atoms with Crippen LogP contribution in [-0.4, -0.2) is 19.9 Å². The van der Waals surface area contributed by atoms with E-state index in [1.807, 2.05) is 6.07 Å². The molecule has 2 aromatic heterocycles. The molecule has 0 spiro atoms. The molecule has 0 bridgehead atoms. The summed E-state index contributed by atoms with van der Waals surface area (Å²) in [6.45, 7) is 0.0794. The first-order valence-corrected chi connectivity index (χ1v) is 9.62. The van der Waals surface area contributed by atoms with E-state index in [4.69, 9.17) is 4.84 Å². The number of aromatic nitrogens is 4. The maximum atomic E-state index is 14.1. The number of fused-ring (bicyclic) bond motifs is 1. The number of halogens is 2. The number of rotatable bonds is 5. The standard InChI is InChI=1S/C24H16F2N4O/c25-20-7-3-1-5-18(20)16-9-10-22-23(13-16)29-17(14-27-22)15-31-30-24(11-12-28-30)19-6-2-4-8-21(19)26/h1-14H,15H2. The fourth-order valence-corrected chi connectivity index (χ4v) is 3.36. The highest BCUT2D eigenvalue weighted by Gasteiger charge is 2.12. The van der Waals surface area contributed by atoms with E-state index >= 15 is 0 Å². The predicted molar refractivity (Wildman–Crippen MR) is 113 cm³/mol. The number of hydrogen-bond acceptors (Lipinski definition) is 4. The average molecular weight is 414 g/mol. The maximum absolute atomic E-state index is 14.1. The summed E-state index contributed by atoms with van der Waals surface area (Å²) < 4.78 is 28.3. The van der Waals surface area contributed by atoms with Gasteiger partial charge >= 0.3 is 0 Å².